The molecule has 3 heterocycles. The van der Waals surface area contributed by atoms with Gasteiger partial charge in [0.2, 0.25) is 5.95 Å². The molecule has 1 saturated heterocycles. The van der Waals surface area contributed by atoms with Gasteiger partial charge in [0.05, 0.1) is 16.3 Å². The van der Waals surface area contributed by atoms with Crippen molar-refractivity contribution in [3.05, 3.63) is 42.1 Å². The first-order valence-corrected chi connectivity index (χ1v) is 13.0. The highest BCUT2D eigenvalue weighted by Crippen LogP contribution is 2.40. The van der Waals surface area contributed by atoms with E-state index in [0.29, 0.717) is 38.2 Å². The van der Waals surface area contributed by atoms with Crippen LogP contribution in [0.4, 0.5) is 15.9 Å². The fourth-order valence-corrected chi connectivity index (χ4v) is 5.09. The largest absolute Gasteiger partial charge is 0.444 e. The molecule has 9 heteroatoms. The van der Waals surface area contributed by atoms with E-state index >= 15 is 0 Å². The summed E-state index contributed by atoms with van der Waals surface area (Å²) in [5.41, 5.74) is 3.57. The molecule has 0 radical (unpaired) electrons. The lowest BCUT2D eigenvalue weighted by atomic mass is 10.1. The molecule has 1 aliphatic carbocycles. The number of hydrogen-bond acceptors (Lipinski definition) is 8. The van der Waals surface area contributed by atoms with Gasteiger partial charge in [-0.3, -0.25) is 0 Å². The van der Waals surface area contributed by atoms with Crippen molar-refractivity contribution in [3.8, 4) is 21.8 Å². The number of carbonyl (C=O) groups excluding carboxylic acids is 1. The number of thiazole rings is 1. The molecule has 1 N–H and O–H groups in total. The Bertz CT molecular complexity index is 1210. The molecule has 2 aliphatic rings. The van der Waals surface area contributed by atoms with Crippen molar-refractivity contribution < 1.29 is 9.53 Å². The first kappa shape index (κ1) is 23.5. The van der Waals surface area contributed by atoms with E-state index in [1.807, 2.05) is 33.0 Å². The van der Waals surface area contributed by atoms with Crippen molar-refractivity contribution in [1.82, 2.24) is 19.9 Å². The van der Waals surface area contributed by atoms with E-state index < -0.39 is 5.60 Å². The second kappa shape index (κ2) is 9.45. The molecule has 1 saturated carbocycles. The second-order valence-corrected chi connectivity index (χ2v) is 11.2. The van der Waals surface area contributed by atoms with Gasteiger partial charge in [0.1, 0.15) is 5.60 Å². The van der Waals surface area contributed by atoms with Crippen LogP contribution in [-0.2, 0) is 4.74 Å². The van der Waals surface area contributed by atoms with Gasteiger partial charge in [-0.25, -0.2) is 19.7 Å². The third-order valence-corrected chi connectivity index (χ3v) is 7.05. The standard InChI is InChI=1S/C26H32N6O2S/c1-17-6-5-7-18(16-17)21-22(20-10-11-27-23(29-20)28-19-8-9-19)35-24(30-21)31-12-14-32(15-13-31)25(33)34-26(2,3)4/h5-7,10-11,16,19H,8-9,12-15H2,1-4H3,(H,27,28,29). The summed E-state index contributed by atoms with van der Waals surface area (Å²) in [6.07, 6.45) is 3.89. The number of amides is 1. The number of nitrogens with zero attached hydrogens (tertiary/aromatic N) is 5. The van der Waals surface area contributed by atoms with Crippen molar-refractivity contribution in [3.63, 3.8) is 0 Å². The molecule has 0 unspecified atom stereocenters. The van der Waals surface area contributed by atoms with Crippen LogP contribution in [0.1, 0.15) is 39.2 Å². The average Bonchev–Trinajstić information content (AvgIpc) is 3.52. The number of aryl methyl sites for hydroxylation is 1. The maximum Gasteiger partial charge on any atom is 0.410 e. The van der Waals surface area contributed by atoms with Crippen molar-refractivity contribution in [2.75, 3.05) is 36.4 Å². The van der Waals surface area contributed by atoms with Gasteiger partial charge < -0.3 is 19.9 Å². The summed E-state index contributed by atoms with van der Waals surface area (Å²) in [5.74, 6) is 0.668. The van der Waals surface area contributed by atoms with Crippen LogP contribution < -0.4 is 10.2 Å². The van der Waals surface area contributed by atoms with Crippen LogP contribution in [0.5, 0.6) is 0 Å². The van der Waals surface area contributed by atoms with Crippen LogP contribution in [0.15, 0.2) is 36.5 Å². The van der Waals surface area contributed by atoms with Gasteiger partial charge in [-0.05, 0) is 52.7 Å². The number of carbonyl (C=O) groups is 1. The summed E-state index contributed by atoms with van der Waals surface area (Å²) in [4.78, 5) is 31.8. The third-order valence-electron chi connectivity index (χ3n) is 5.91. The van der Waals surface area contributed by atoms with Crippen LogP contribution >= 0.6 is 11.3 Å². The Morgan fingerprint density at radius 1 is 1.11 bits per heavy atom. The van der Waals surface area contributed by atoms with E-state index in [4.69, 9.17) is 14.7 Å². The normalized spacial score (nSPS) is 16.3. The lowest BCUT2D eigenvalue weighted by Crippen LogP contribution is -2.50. The summed E-state index contributed by atoms with van der Waals surface area (Å²) in [6, 6.07) is 10.9. The second-order valence-electron chi connectivity index (χ2n) is 10.2. The molecule has 1 aliphatic heterocycles. The number of hydrogen-bond donors (Lipinski definition) is 1. The molecule has 2 fully saturated rings. The predicted molar refractivity (Wildman–Crippen MR) is 140 cm³/mol. The Hall–Kier alpha value is -3.20. The first-order chi connectivity index (χ1) is 16.7. The minimum atomic E-state index is -0.494. The minimum absolute atomic E-state index is 0.255. The first-order valence-electron chi connectivity index (χ1n) is 12.2. The topological polar surface area (TPSA) is 83.5 Å². The van der Waals surface area contributed by atoms with Crippen molar-refractivity contribution in [2.45, 2.75) is 52.2 Å². The zero-order valence-electron chi connectivity index (χ0n) is 20.7. The van der Waals surface area contributed by atoms with E-state index in [1.54, 1.807) is 16.2 Å². The number of anilines is 2. The molecule has 184 valence electrons. The van der Waals surface area contributed by atoms with Crippen LogP contribution in [0.25, 0.3) is 21.8 Å². The highest BCUT2D eigenvalue weighted by molar-refractivity contribution is 7.19. The van der Waals surface area contributed by atoms with E-state index in [-0.39, 0.29) is 6.09 Å². The monoisotopic (exact) mass is 492 g/mol. The van der Waals surface area contributed by atoms with E-state index in [9.17, 15) is 4.79 Å². The van der Waals surface area contributed by atoms with Gasteiger partial charge in [-0.2, -0.15) is 0 Å². The van der Waals surface area contributed by atoms with Gasteiger partial charge in [0, 0.05) is 44.0 Å². The quantitative estimate of drug-likeness (QED) is 0.524. The lowest BCUT2D eigenvalue weighted by molar-refractivity contribution is 0.0240. The minimum Gasteiger partial charge on any atom is -0.444 e. The SMILES string of the molecule is Cc1cccc(-c2nc(N3CCN(C(=O)OC(C)(C)C)CC3)sc2-c2ccnc(NC3CC3)n2)c1. The lowest BCUT2D eigenvalue weighted by Gasteiger charge is -2.35. The molecule has 0 atom stereocenters. The van der Waals surface area contributed by atoms with E-state index in [0.717, 1.165) is 27.0 Å². The highest BCUT2D eigenvalue weighted by Gasteiger charge is 2.28. The highest BCUT2D eigenvalue weighted by atomic mass is 32.1. The molecular weight excluding hydrogens is 460 g/mol. The zero-order valence-corrected chi connectivity index (χ0v) is 21.6. The molecule has 35 heavy (non-hydrogen) atoms. The third kappa shape index (κ3) is 5.73. The number of aromatic nitrogens is 3. The number of nitrogens with one attached hydrogen (secondary N) is 1. The Balaban J connectivity index is 1.41. The van der Waals surface area contributed by atoms with Crippen molar-refractivity contribution in [2.24, 2.45) is 0 Å². The summed E-state index contributed by atoms with van der Waals surface area (Å²) in [7, 11) is 0. The molecule has 0 spiro atoms. The van der Waals surface area contributed by atoms with Gasteiger partial charge in [-0.15, -0.1) is 0 Å². The van der Waals surface area contributed by atoms with E-state index in [1.165, 1.54) is 18.4 Å². The zero-order chi connectivity index (χ0) is 24.6. The Morgan fingerprint density at radius 3 is 2.57 bits per heavy atom. The fourth-order valence-electron chi connectivity index (χ4n) is 3.98. The van der Waals surface area contributed by atoms with Crippen molar-refractivity contribution in [1.29, 1.82) is 0 Å². The molecule has 8 nitrogen and oxygen atoms in total. The molecular formula is C26H32N6O2S. The molecule has 3 aromatic rings. The van der Waals surface area contributed by atoms with Gasteiger partial charge >= 0.3 is 6.09 Å². The van der Waals surface area contributed by atoms with Crippen LogP contribution in [0, 0.1) is 6.92 Å². The van der Waals surface area contributed by atoms with E-state index in [2.05, 4.69) is 46.4 Å². The Kier molecular flexibility index (Phi) is 6.35. The summed E-state index contributed by atoms with van der Waals surface area (Å²) < 4.78 is 5.55. The number of piperazine rings is 1. The summed E-state index contributed by atoms with van der Waals surface area (Å²) in [6.45, 7) is 10.4. The maximum atomic E-state index is 12.5. The van der Waals surface area contributed by atoms with Gasteiger partial charge in [0.15, 0.2) is 5.13 Å². The number of rotatable bonds is 5. The molecule has 0 bridgehead atoms. The van der Waals surface area contributed by atoms with Crippen LogP contribution in [0.2, 0.25) is 0 Å². The molecule has 2 aromatic heterocycles. The van der Waals surface area contributed by atoms with Crippen molar-refractivity contribution >= 4 is 28.5 Å². The maximum absolute atomic E-state index is 12.5. The fraction of sp³-hybridized carbons (Fsp3) is 0.462. The average molecular weight is 493 g/mol. The molecule has 5 rings (SSSR count). The summed E-state index contributed by atoms with van der Waals surface area (Å²) in [5, 5.41) is 4.34. The van der Waals surface area contributed by atoms with Gasteiger partial charge in [0.25, 0.3) is 0 Å². The van der Waals surface area contributed by atoms with Crippen LogP contribution in [0.3, 0.4) is 0 Å². The predicted octanol–water partition coefficient (Wildman–Crippen LogP) is 5.21. The van der Waals surface area contributed by atoms with Crippen LogP contribution in [-0.4, -0.2) is 63.8 Å². The Labute approximate surface area is 210 Å². The smallest absolute Gasteiger partial charge is 0.410 e. The Morgan fingerprint density at radius 2 is 1.89 bits per heavy atom. The van der Waals surface area contributed by atoms with Gasteiger partial charge in [-0.1, -0.05) is 35.1 Å². The number of benzene rings is 1. The summed E-state index contributed by atoms with van der Waals surface area (Å²) >= 11 is 1.64. The molecule has 1 amide bonds. The number of ether oxygens (including phenoxy) is 1. The molecule has 1 aromatic carbocycles.